The highest BCUT2D eigenvalue weighted by Crippen LogP contribution is 2.39. The zero-order valence-electron chi connectivity index (χ0n) is 22.6. The lowest BCUT2D eigenvalue weighted by Crippen LogP contribution is -2.54. The number of benzene rings is 1. The minimum Gasteiger partial charge on any atom is -0.378 e. The van der Waals surface area contributed by atoms with Crippen molar-refractivity contribution in [1.82, 2.24) is 25.1 Å². The number of hydrogen-bond donors (Lipinski definition) is 1. The van der Waals surface area contributed by atoms with Crippen LogP contribution in [-0.2, 0) is 27.3 Å². The molecule has 0 saturated carbocycles. The van der Waals surface area contributed by atoms with E-state index in [4.69, 9.17) is 14.7 Å². The number of rotatable bonds is 5. The summed E-state index contributed by atoms with van der Waals surface area (Å²) in [7, 11) is 0. The Hall–Kier alpha value is -3.55. The molecule has 7 rings (SSSR count). The van der Waals surface area contributed by atoms with Gasteiger partial charge in [-0.1, -0.05) is 6.07 Å². The molecule has 1 atom stereocenters. The van der Waals surface area contributed by atoms with E-state index in [-0.39, 0.29) is 18.7 Å². The number of nitrogens with zero attached hydrogens (tertiary/aromatic N) is 6. The fraction of sp³-hybridized carbons (Fsp3) is 0.500. The first-order chi connectivity index (χ1) is 20.0. The van der Waals surface area contributed by atoms with Gasteiger partial charge in [-0.25, -0.2) is 4.98 Å². The lowest BCUT2D eigenvalue weighted by molar-refractivity contribution is -0.136. The number of hydrogen-bond acceptors (Lipinski definition) is 11. The lowest BCUT2D eigenvalue weighted by atomic mass is 10.0. The molecule has 12 nitrogen and oxygen atoms in total. The number of aromatic nitrogens is 2. The van der Waals surface area contributed by atoms with Gasteiger partial charge in [-0.05, 0) is 24.1 Å². The first-order valence-corrected chi connectivity index (χ1v) is 15.1. The number of piperidine rings is 1. The van der Waals surface area contributed by atoms with Crippen molar-refractivity contribution in [3.8, 4) is 0 Å². The van der Waals surface area contributed by atoms with Crippen LogP contribution in [-0.4, -0.2) is 108 Å². The predicted octanol–water partition coefficient (Wildman–Crippen LogP) is 0.685. The van der Waals surface area contributed by atoms with Crippen LogP contribution in [0.25, 0.3) is 0 Å². The second-order valence-electron chi connectivity index (χ2n) is 10.9. The maximum atomic E-state index is 13.2. The van der Waals surface area contributed by atoms with Crippen LogP contribution in [0.2, 0.25) is 0 Å². The van der Waals surface area contributed by atoms with Crippen LogP contribution in [0.5, 0.6) is 0 Å². The zero-order valence-corrected chi connectivity index (χ0v) is 23.5. The Morgan fingerprint density at radius 3 is 2.46 bits per heavy atom. The minimum absolute atomic E-state index is 0.103. The van der Waals surface area contributed by atoms with Gasteiger partial charge < -0.3 is 14.5 Å². The van der Waals surface area contributed by atoms with Gasteiger partial charge in [0.05, 0.1) is 34.9 Å². The third kappa shape index (κ3) is 4.85. The molecule has 1 aromatic heterocycles. The van der Waals surface area contributed by atoms with Crippen LogP contribution in [0, 0.1) is 0 Å². The third-order valence-corrected chi connectivity index (χ3v) is 9.48. The van der Waals surface area contributed by atoms with E-state index in [1.54, 1.807) is 12.1 Å². The summed E-state index contributed by atoms with van der Waals surface area (Å²) in [4.78, 5) is 69.2. The minimum atomic E-state index is -0.957. The number of carbonyl (C=O) groups is 4. The number of piperazine rings is 1. The zero-order chi connectivity index (χ0) is 28.1. The number of ether oxygens (including phenoxy) is 1. The van der Waals surface area contributed by atoms with Crippen molar-refractivity contribution < 1.29 is 23.9 Å². The summed E-state index contributed by atoms with van der Waals surface area (Å²) in [6.45, 7) is 6.98. The summed E-state index contributed by atoms with van der Waals surface area (Å²) in [5, 5.41) is 2.24. The largest absolute Gasteiger partial charge is 0.378 e. The van der Waals surface area contributed by atoms with E-state index in [1.165, 1.54) is 4.90 Å². The molecule has 0 spiro atoms. The summed E-state index contributed by atoms with van der Waals surface area (Å²) in [6.07, 6.45) is 1.22. The number of carbonyl (C=O) groups excluding carboxylic acids is 4. The van der Waals surface area contributed by atoms with Gasteiger partial charge in [0.2, 0.25) is 17.8 Å². The Morgan fingerprint density at radius 2 is 1.68 bits per heavy atom. The van der Waals surface area contributed by atoms with E-state index < -0.39 is 23.8 Å². The normalized spacial score (nSPS) is 23.2. The second-order valence-corrected chi connectivity index (χ2v) is 12.0. The molecule has 5 aliphatic heterocycles. The van der Waals surface area contributed by atoms with Crippen molar-refractivity contribution in [3.05, 3.63) is 40.6 Å². The molecule has 2 aromatic rings. The highest BCUT2D eigenvalue weighted by Gasteiger charge is 2.44. The topological polar surface area (TPSA) is 128 Å². The van der Waals surface area contributed by atoms with Crippen molar-refractivity contribution in [3.63, 3.8) is 0 Å². The molecule has 5 aliphatic rings. The maximum absolute atomic E-state index is 13.2. The fourth-order valence-electron chi connectivity index (χ4n) is 6.15. The molecule has 6 heterocycles. The van der Waals surface area contributed by atoms with Gasteiger partial charge >= 0.3 is 0 Å². The molecular weight excluding hydrogens is 546 g/mol. The Labute approximate surface area is 241 Å². The Morgan fingerprint density at radius 1 is 0.902 bits per heavy atom. The number of anilines is 2. The smallest absolute Gasteiger partial charge is 0.262 e. The van der Waals surface area contributed by atoms with E-state index in [0.717, 1.165) is 79.4 Å². The van der Waals surface area contributed by atoms with E-state index in [0.29, 0.717) is 30.9 Å². The fourth-order valence-corrected chi connectivity index (χ4v) is 7.27. The van der Waals surface area contributed by atoms with Gasteiger partial charge in [-0.2, -0.15) is 4.98 Å². The second kappa shape index (κ2) is 10.7. The quantitative estimate of drug-likeness (QED) is 0.504. The molecule has 0 bridgehead atoms. The number of fused-ring (bicyclic) bond motifs is 2. The lowest BCUT2D eigenvalue weighted by Gasteiger charge is -2.36. The first-order valence-electron chi connectivity index (χ1n) is 14.1. The summed E-state index contributed by atoms with van der Waals surface area (Å²) in [6, 6.07) is 4.38. The molecule has 0 aliphatic carbocycles. The summed E-state index contributed by atoms with van der Waals surface area (Å²) < 4.78 is 5.52. The van der Waals surface area contributed by atoms with Gasteiger partial charge in [-0.3, -0.25) is 34.3 Å². The van der Waals surface area contributed by atoms with E-state index in [9.17, 15) is 19.2 Å². The average Bonchev–Trinajstić information content (AvgIpc) is 3.56. The molecule has 214 valence electrons. The molecule has 1 aromatic carbocycles. The molecule has 3 fully saturated rings. The SMILES string of the molecule is O=C1CCC(N2C(=O)c3ccc(CN4CCN(c5nc(N6CCOCC6)nc6c5SCC6)CC4)cc3C2=O)C(=O)N1. The number of aryl methyl sites for hydroxylation is 1. The van der Waals surface area contributed by atoms with Gasteiger partial charge in [0.25, 0.3) is 11.8 Å². The molecule has 41 heavy (non-hydrogen) atoms. The van der Waals surface area contributed by atoms with Crippen molar-refractivity contribution in [2.45, 2.75) is 36.7 Å². The van der Waals surface area contributed by atoms with Gasteiger partial charge in [0.1, 0.15) is 11.9 Å². The van der Waals surface area contributed by atoms with Crippen molar-refractivity contribution in [1.29, 1.82) is 0 Å². The standard InChI is InChI=1S/C28H31N7O5S/c36-22-4-3-21(25(37)30-22)35-26(38)18-2-1-17(15-19(18)27(35)39)16-32-6-8-33(9-7-32)24-23-20(5-14-41-23)29-28(31-24)34-10-12-40-13-11-34/h1-2,15,21H,3-14,16H2,(H,30,36,37). The highest BCUT2D eigenvalue weighted by molar-refractivity contribution is 7.99. The Bertz CT molecular complexity index is 1440. The summed E-state index contributed by atoms with van der Waals surface area (Å²) in [5.41, 5.74) is 2.71. The average molecular weight is 578 g/mol. The van der Waals surface area contributed by atoms with Gasteiger partial charge in [0, 0.05) is 64.4 Å². The number of amides is 4. The third-order valence-electron chi connectivity index (χ3n) is 8.37. The van der Waals surface area contributed by atoms with Crippen LogP contribution in [0.15, 0.2) is 23.1 Å². The number of morpholine rings is 1. The van der Waals surface area contributed by atoms with Gasteiger partial charge in [0.15, 0.2) is 0 Å². The predicted molar refractivity (Wildman–Crippen MR) is 150 cm³/mol. The van der Waals surface area contributed by atoms with E-state index in [1.807, 2.05) is 17.8 Å². The Balaban J connectivity index is 1.03. The summed E-state index contributed by atoms with van der Waals surface area (Å²) >= 11 is 1.84. The molecular formula is C28H31N7O5S. The number of thioether (sulfide) groups is 1. The van der Waals surface area contributed by atoms with Crippen molar-refractivity contribution in [2.24, 2.45) is 0 Å². The number of imide groups is 2. The maximum Gasteiger partial charge on any atom is 0.262 e. The molecule has 1 unspecified atom stereocenters. The van der Waals surface area contributed by atoms with Crippen LogP contribution in [0.1, 0.15) is 44.8 Å². The summed E-state index contributed by atoms with van der Waals surface area (Å²) in [5.74, 6) is 0.932. The highest BCUT2D eigenvalue weighted by atomic mass is 32.2. The van der Waals surface area contributed by atoms with Gasteiger partial charge in [-0.15, -0.1) is 11.8 Å². The van der Waals surface area contributed by atoms with Crippen LogP contribution >= 0.6 is 11.8 Å². The van der Waals surface area contributed by atoms with Crippen molar-refractivity contribution >= 4 is 47.2 Å². The first kappa shape index (κ1) is 26.4. The Kier molecular flexibility index (Phi) is 6.87. The van der Waals surface area contributed by atoms with Crippen LogP contribution < -0.4 is 15.1 Å². The van der Waals surface area contributed by atoms with E-state index in [2.05, 4.69) is 20.0 Å². The monoisotopic (exact) mass is 577 g/mol. The van der Waals surface area contributed by atoms with Crippen LogP contribution in [0.3, 0.4) is 0 Å². The number of nitrogens with one attached hydrogen (secondary N) is 1. The molecule has 3 saturated heterocycles. The van der Waals surface area contributed by atoms with E-state index >= 15 is 0 Å². The molecule has 13 heteroatoms. The van der Waals surface area contributed by atoms with Crippen LogP contribution in [0.4, 0.5) is 11.8 Å². The molecule has 1 N–H and O–H groups in total. The van der Waals surface area contributed by atoms with Crippen molar-refractivity contribution in [2.75, 3.05) is 68.0 Å². The molecule has 4 amide bonds. The molecule has 0 radical (unpaired) electrons.